The van der Waals surface area contributed by atoms with Gasteiger partial charge in [0, 0.05) is 19.2 Å². The highest BCUT2D eigenvalue weighted by Crippen LogP contribution is 2.18. The Kier molecular flexibility index (Phi) is 3.68. The van der Waals surface area contributed by atoms with Gasteiger partial charge in [-0.15, -0.1) is 0 Å². The molecule has 5 nitrogen and oxygen atoms in total. The second kappa shape index (κ2) is 5.07. The molecule has 2 aromatic rings. The summed E-state index contributed by atoms with van der Waals surface area (Å²) in [4.78, 5) is 4.28. The predicted molar refractivity (Wildman–Crippen MR) is 70.0 cm³/mol. The van der Waals surface area contributed by atoms with Crippen LogP contribution in [0.2, 0.25) is 0 Å². The summed E-state index contributed by atoms with van der Waals surface area (Å²) in [5.41, 5.74) is 0.627. The molecule has 6 heteroatoms. The molecular formula is C12H17N3O2S. The number of hydrogen-bond donors (Lipinski definition) is 1. The number of nitrogens with zero attached hydrogens (tertiary/aromatic N) is 2. The summed E-state index contributed by atoms with van der Waals surface area (Å²) in [6, 6.07) is 5.46. The van der Waals surface area contributed by atoms with Crippen molar-refractivity contribution in [3.8, 4) is 0 Å². The second-order valence-corrected chi connectivity index (χ2v) is 5.72. The summed E-state index contributed by atoms with van der Waals surface area (Å²) in [6.45, 7) is 4.16. The van der Waals surface area contributed by atoms with Crippen molar-refractivity contribution in [2.75, 3.05) is 6.54 Å². The minimum atomic E-state index is -3.52. The molecule has 0 spiro atoms. The van der Waals surface area contributed by atoms with Crippen molar-refractivity contribution in [1.29, 1.82) is 0 Å². The van der Waals surface area contributed by atoms with Crippen LogP contribution in [0.3, 0.4) is 0 Å². The van der Waals surface area contributed by atoms with Crippen LogP contribution in [-0.4, -0.2) is 24.3 Å². The number of aryl methyl sites for hydroxylation is 1. The van der Waals surface area contributed by atoms with E-state index < -0.39 is 10.0 Å². The zero-order valence-corrected chi connectivity index (χ0v) is 11.4. The zero-order chi connectivity index (χ0) is 13.2. The van der Waals surface area contributed by atoms with Gasteiger partial charge in [-0.2, -0.15) is 0 Å². The molecule has 0 atom stereocenters. The van der Waals surface area contributed by atoms with Gasteiger partial charge in [0.25, 0.3) is 10.0 Å². The highest BCUT2D eigenvalue weighted by Gasteiger charge is 2.21. The maximum absolute atomic E-state index is 12.1. The zero-order valence-electron chi connectivity index (χ0n) is 10.5. The largest absolute Gasteiger partial charge is 0.302 e. The SMILES string of the molecule is CCCc1nc(S(=O)(=O)NCC)c2ccccn12. The fraction of sp³-hybridized carbons (Fsp3) is 0.417. The number of imidazole rings is 1. The van der Waals surface area contributed by atoms with E-state index in [1.165, 1.54) is 0 Å². The van der Waals surface area contributed by atoms with Crippen molar-refractivity contribution in [3.63, 3.8) is 0 Å². The Hall–Kier alpha value is -1.40. The Labute approximate surface area is 107 Å². The van der Waals surface area contributed by atoms with Gasteiger partial charge < -0.3 is 4.40 Å². The predicted octanol–water partition coefficient (Wildman–Crippen LogP) is 1.58. The molecule has 0 aliphatic rings. The number of aromatic nitrogens is 2. The van der Waals surface area contributed by atoms with E-state index in [4.69, 9.17) is 0 Å². The Balaban J connectivity index is 2.65. The minimum absolute atomic E-state index is 0.119. The van der Waals surface area contributed by atoms with Crippen LogP contribution in [0.15, 0.2) is 29.4 Å². The molecule has 0 aliphatic heterocycles. The third kappa shape index (κ3) is 2.26. The first-order chi connectivity index (χ1) is 8.60. The van der Waals surface area contributed by atoms with Gasteiger partial charge >= 0.3 is 0 Å². The number of pyridine rings is 1. The molecule has 0 fully saturated rings. The number of nitrogens with one attached hydrogen (secondary N) is 1. The molecule has 0 saturated heterocycles. The summed E-state index contributed by atoms with van der Waals surface area (Å²) in [6.07, 6.45) is 3.53. The number of fused-ring (bicyclic) bond motifs is 1. The molecule has 1 N–H and O–H groups in total. The summed E-state index contributed by atoms with van der Waals surface area (Å²) < 4.78 is 28.5. The monoisotopic (exact) mass is 267 g/mol. The molecule has 2 aromatic heterocycles. The number of sulfonamides is 1. The van der Waals surface area contributed by atoms with E-state index in [0.717, 1.165) is 18.7 Å². The Morgan fingerprint density at radius 3 is 2.78 bits per heavy atom. The van der Waals surface area contributed by atoms with Crippen LogP contribution < -0.4 is 4.72 Å². The maximum Gasteiger partial charge on any atom is 0.260 e. The molecule has 2 rings (SSSR count). The molecule has 98 valence electrons. The van der Waals surface area contributed by atoms with Gasteiger partial charge in [-0.1, -0.05) is 19.9 Å². The van der Waals surface area contributed by atoms with Crippen LogP contribution in [0.4, 0.5) is 0 Å². The molecule has 0 bridgehead atoms. The second-order valence-electron chi connectivity index (χ2n) is 4.04. The fourth-order valence-electron chi connectivity index (χ4n) is 1.93. The fourth-order valence-corrected chi connectivity index (χ4v) is 3.11. The van der Waals surface area contributed by atoms with Crippen molar-refractivity contribution in [2.24, 2.45) is 0 Å². The number of hydrogen-bond acceptors (Lipinski definition) is 3. The van der Waals surface area contributed by atoms with Gasteiger partial charge in [0.1, 0.15) is 5.82 Å². The van der Waals surface area contributed by atoms with Crippen LogP contribution in [0.25, 0.3) is 5.52 Å². The van der Waals surface area contributed by atoms with Gasteiger partial charge in [0.05, 0.1) is 5.52 Å². The van der Waals surface area contributed by atoms with Gasteiger partial charge in [0.2, 0.25) is 0 Å². The lowest BCUT2D eigenvalue weighted by molar-refractivity contribution is 0.581. The smallest absolute Gasteiger partial charge is 0.260 e. The Morgan fingerprint density at radius 2 is 2.11 bits per heavy atom. The highest BCUT2D eigenvalue weighted by molar-refractivity contribution is 7.89. The quantitative estimate of drug-likeness (QED) is 0.894. The lowest BCUT2D eigenvalue weighted by Crippen LogP contribution is -2.23. The summed E-state index contributed by atoms with van der Waals surface area (Å²) in [7, 11) is -3.52. The summed E-state index contributed by atoms with van der Waals surface area (Å²) in [5.74, 6) is 0.782. The van der Waals surface area contributed by atoms with Crippen molar-refractivity contribution >= 4 is 15.5 Å². The van der Waals surface area contributed by atoms with Crippen molar-refractivity contribution in [1.82, 2.24) is 14.1 Å². The van der Waals surface area contributed by atoms with Gasteiger partial charge in [-0.25, -0.2) is 18.1 Å². The molecule has 18 heavy (non-hydrogen) atoms. The molecule has 0 saturated carbocycles. The minimum Gasteiger partial charge on any atom is -0.302 e. The standard InChI is InChI=1S/C12H17N3O2S/c1-3-7-11-14-12(18(16,17)13-4-2)10-8-5-6-9-15(10)11/h5-6,8-9,13H,3-4,7H2,1-2H3. The van der Waals surface area contributed by atoms with Crippen LogP contribution in [-0.2, 0) is 16.4 Å². The van der Waals surface area contributed by atoms with Crippen molar-refractivity contribution < 1.29 is 8.42 Å². The van der Waals surface area contributed by atoms with Crippen LogP contribution in [0.1, 0.15) is 26.1 Å². The van der Waals surface area contributed by atoms with Crippen LogP contribution >= 0.6 is 0 Å². The normalized spacial score (nSPS) is 12.1. The summed E-state index contributed by atoms with van der Waals surface area (Å²) in [5, 5.41) is 0.119. The van der Waals surface area contributed by atoms with Crippen LogP contribution in [0, 0.1) is 0 Å². The molecule has 0 unspecified atom stereocenters. The molecule has 0 aromatic carbocycles. The van der Waals surface area contributed by atoms with E-state index in [9.17, 15) is 8.42 Å². The van der Waals surface area contributed by atoms with Crippen molar-refractivity contribution in [3.05, 3.63) is 30.2 Å². The van der Waals surface area contributed by atoms with E-state index in [2.05, 4.69) is 9.71 Å². The van der Waals surface area contributed by atoms with Gasteiger partial charge in [0.15, 0.2) is 5.03 Å². The third-order valence-corrected chi connectivity index (χ3v) is 4.13. The lowest BCUT2D eigenvalue weighted by Gasteiger charge is -2.01. The average molecular weight is 267 g/mol. The van der Waals surface area contributed by atoms with Gasteiger partial charge in [-0.3, -0.25) is 0 Å². The van der Waals surface area contributed by atoms with Crippen molar-refractivity contribution in [2.45, 2.75) is 31.7 Å². The van der Waals surface area contributed by atoms with Gasteiger partial charge in [-0.05, 0) is 18.6 Å². The topological polar surface area (TPSA) is 63.5 Å². The lowest BCUT2D eigenvalue weighted by atomic mass is 10.3. The molecule has 0 aliphatic carbocycles. The first-order valence-corrected chi connectivity index (χ1v) is 7.54. The van der Waals surface area contributed by atoms with E-state index in [1.807, 2.05) is 29.7 Å². The van der Waals surface area contributed by atoms with E-state index in [-0.39, 0.29) is 5.03 Å². The first kappa shape index (κ1) is 13.0. The van der Waals surface area contributed by atoms with E-state index in [0.29, 0.717) is 12.1 Å². The Morgan fingerprint density at radius 1 is 1.33 bits per heavy atom. The Bertz CT molecular complexity index is 646. The summed E-state index contributed by atoms with van der Waals surface area (Å²) >= 11 is 0. The average Bonchev–Trinajstić information content (AvgIpc) is 2.70. The first-order valence-electron chi connectivity index (χ1n) is 6.05. The molecule has 2 heterocycles. The van der Waals surface area contributed by atoms with E-state index >= 15 is 0 Å². The number of rotatable bonds is 5. The maximum atomic E-state index is 12.1. The highest BCUT2D eigenvalue weighted by atomic mass is 32.2. The van der Waals surface area contributed by atoms with E-state index in [1.54, 1.807) is 13.0 Å². The molecule has 0 radical (unpaired) electrons. The molecule has 0 amide bonds. The third-order valence-electron chi connectivity index (χ3n) is 2.65. The van der Waals surface area contributed by atoms with Crippen LogP contribution in [0.5, 0.6) is 0 Å². The molecular weight excluding hydrogens is 250 g/mol.